The number of hydrogen-bond acceptors (Lipinski definition) is 3. The highest BCUT2D eigenvalue weighted by Gasteiger charge is 2.52. The number of nitrogens with zero attached hydrogens (tertiary/aromatic N) is 1. The van der Waals surface area contributed by atoms with Crippen LogP contribution in [0.25, 0.3) is 0 Å². The van der Waals surface area contributed by atoms with E-state index in [0.29, 0.717) is 19.6 Å². The smallest absolute Gasteiger partial charge is 0.228 e. The minimum absolute atomic E-state index is 0.0884. The standard InChI is InChI=1S/C31H37NO3/c1-23-16-18-24(19-17-23)22-35-27-20-28(32(21-27)29(33)30(2,3)4)31(34-5,25-12-8-6-9-13-25)26-14-10-7-11-15-26/h6-19,27-28H,20-22H2,1-5H3/t27-,28+/m1/s1. The summed E-state index contributed by atoms with van der Waals surface area (Å²) in [6.07, 6.45) is 0.597. The van der Waals surface area contributed by atoms with Gasteiger partial charge in [-0.1, -0.05) is 111 Å². The lowest BCUT2D eigenvalue weighted by molar-refractivity contribution is -0.146. The summed E-state index contributed by atoms with van der Waals surface area (Å²) in [5.74, 6) is 0.109. The number of aryl methyl sites for hydroxylation is 1. The third kappa shape index (κ3) is 5.19. The van der Waals surface area contributed by atoms with Crippen molar-refractivity contribution in [1.29, 1.82) is 0 Å². The first kappa shape index (κ1) is 25.2. The van der Waals surface area contributed by atoms with Crippen molar-refractivity contribution in [1.82, 2.24) is 4.90 Å². The van der Waals surface area contributed by atoms with Gasteiger partial charge < -0.3 is 14.4 Å². The van der Waals surface area contributed by atoms with Crippen molar-refractivity contribution in [2.75, 3.05) is 13.7 Å². The Kier molecular flexibility index (Phi) is 7.44. The molecule has 0 saturated carbocycles. The van der Waals surface area contributed by atoms with Gasteiger partial charge in [-0.3, -0.25) is 4.79 Å². The molecule has 3 aromatic carbocycles. The minimum Gasteiger partial charge on any atom is -0.372 e. The molecule has 0 aromatic heterocycles. The van der Waals surface area contributed by atoms with Gasteiger partial charge in [0, 0.05) is 19.1 Å². The van der Waals surface area contributed by atoms with Crippen LogP contribution in [0.3, 0.4) is 0 Å². The third-order valence-electron chi connectivity index (χ3n) is 6.97. The van der Waals surface area contributed by atoms with Gasteiger partial charge in [0.15, 0.2) is 0 Å². The maximum atomic E-state index is 13.8. The molecule has 1 heterocycles. The molecule has 4 heteroatoms. The van der Waals surface area contributed by atoms with Gasteiger partial charge in [-0.15, -0.1) is 0 Å². The lowest BCUT2D eigenvalue weighted by Crippen LogP contribution is -2.53. The Hall–Kier alpha value is -2.95. The second kappa shape index (κ2) is 10.3. The van der Waals surface area contributed by atoms with E-state index in [0.717, 1.165) is 16.7 Å². The van der Waals surface area contributed by atoms with Crippen LogP contribution in [-0.4, -0.2) is 36.6 Å². The molecule has 184 valence electrons. The second-order valence-corrected chi connectivity index (χ2v) is 10.5. The maximum absolute atomic E-state index is 13.8. The van der Waals surface area contributed by atoms with Gasteiger partial charge in [0.1, 0.15) is 5.60 Å². The SMILES string of the molecule is COC(c1ccccc1)(c1ccccc1)[C@@H]1C[C@@H](OCc2ccc(C)cc2)CN1C(=O)C(C)(C)C. The fourth-order valence-electron chi connectivity index (χ4n) is 5.15. The summed E-state index contributed by atoms with van der Waals surface area (Å²) in [6, 6.07) is 28.7. The van der Waals surface area contributed by atoms with E-state index in [9.17, 15) is 4.79 Å². The summed E-state index contributed by atoms with van der Waals surface area (Å²) in [5.41, 5.74) is 3.10. The third-order valence-corrected chi connectivity index (χ3v) is 6.97. The van der Waals surface area contributed by atoms with E-state index >= 15 is 0 Å². The van der Waals surface area contributed by atoms with Gasteiger partial charge in [0.2, 0.25) is 5.91 Å². The van der Waals surface area contributed by atoms with E-state index in [4.69, 9.17) is 9.47 Å². The Morgan fingerprint density at radius 3 is 1.91 bits per heavy atom. The van der Waals surface area contributed by atoms with Crippen molar-refractivity contribution in [3.05, 3.63) is 107 Å². The number of likely N-dealkylation sites (tertiary alicyclic amines) is 1. The molecule has 0 radical (unpaired) electrons. The predicted octanol–water partition coefficient (Wildman–Crippen LogP) is 6.12. The quantitative estimate of drug-likeness (QED) is 0.417. The van der Waals surface area contributed by atoms with E-state index in [1.54, 1.807) is 7.11 Å². The van der Waals surface area contributed by atoms with Crippen molar-refractivity contribution < 1.29 is 14.3 Å². The Bertz CT molecular complexity index is 1060. The average molecular weight is 472 g/mol. The molecule has 0 spiro atoms. The molecular weight excluding hydrogens is 434 g/mol. The number of ether oxygens (including phenoxy) is 2. The number of rotatable bonds is 7. The van der Waals surface area contributed by atoms with Crippen LogP contribution >= 0.6 is 0 Å². The molecule has 1 saturated heterocycles. The van der Waals surface area contributed by atoms with Crippen LogP contribution in [0.1, 0.15) is 49.4 Å². The molecule has 4 rings (SSSR count). The van der Waals surface area contributed by atoms with Crippen molar-refractivity contribution >= 4 is 5.91 Å². The molecular formula is C31H37NO3. The van der Waals surface area contributed by atoms with Crippen LogP contribution in [0.4, 0.5) is 0 Å². The van der Waals surface area contributed by atoms with Crippen molar-refractivity contribution in [3.8, 4) is 0 Å². The number of carbonyl (C=O) groups excluding carboxylic acids is 1. The first-order valence-corrected chi connectivity index (χ1v) is 12.4. The fourth-order valence-corrected chi connectivity index (χ4v) is 5.15. The zero-order valence-electron chi connectivity index (χ0n) is 21.5. The van der Waals surface area contributed by atoms with Crippen molar-refractivity contribution in [3.63, 3.8) is 0 Å². The monoisotopic (exact) mass is 471 g/mol. The summed E-state index contributed by atoms with van der Waals surface area (Å²) in [7, 11) is 1.75. The number of carbonyl (C=O) groups is 1. The van der Waals surface area contributed by atoms with Gasteiger partial charge in [0.25, 0.3) is 0 Å². The van der Waals surface area contributed by atoms with E-state index in [1.807, 2.05) is 62.1 Å². The molecule has 3 aromatic rings. The summed E-state index contributed by atoms with van der Waals surface area (Å²) in [6.45, 7) is 9.08. The highest BCUT2D eigenvalue weighted by molar-refractivity contribution is 5.82. The van der Waals surface area contributed by atoms with Crippen LogP contribution in [0, 0.1) is 12.3 Å². The normalized spacial score (nSPS) is 18.6. The summed E-state index contributed by atoms with van der Waals surface area (Å²) < 4.78 is 12.9. The number of benzene rings is 3. The minimum atomic E-state index is -0.814. The summed E-state index contributed by atoms with van der Waals surface area (Å²) in [5, 5.41) is 0. The van der Waals surface area contributed by atoms with Crippen molar-refractivity contribution in [2.45, 2.75) is 58.5 Å². The van der Waals surface area contributed by atoms with Crippen LogP contribution in [0.5, 0.6) is 0 Å². The van der Waals surface area contributed by atoms with Crippen molar-refractivity contribution in [2.24, 2.45) is 5.41 Å². The van der Waals surface area contributed by atoms with Crippen LogP contribution < -0.4 is 0 Å². The Balaban J connectivity index is 1.74. The number of hydrogen-bond donors (Lipinski definition) is 0. The predicted molar refractivity (Wildman–Crippen MR) is 140 cm³/mol. The van der Waals surface area contributed by atoms with Crippen LogP contribution in [0.2, 0.25) is 0 Å². The Labute approximate surface area is 209 Å². The molecule has 1 fully saturated rings. The first-order valence-electron chi connectivity index (χ1n) is 12.4. The largest absolute Gasteiger partial charge is 0.372 e. The molecule has 1 amide bonds. The Morgan fingerprint density at radius 1 is 0.886 bits per heavy atom. The van der Waals surface area contributed by atoms with Crippen LogP contribution in [0.15, 0.2) is 84.9 Å². The molecule has 1 aliphatic rings. The zero-order valence-corrected chi connectivity index (χ0v) is 21.5. The number of methoxy groups -OCH3 is 1. The van der Waals surface area contributed by atoms with E-state index in [2.05, 4.69) is 55.5 Å². The lowest BCUT2D eigenvalue weighted by Gasteiger charge is -2.44. The Morgan fingerprint density at radius 2 is 1.43 bits per heavy atom. The van der Waals surface area contributed by atoms with Gasteiger partial charge in [-0.05, 0) is 30.0 Å². The zero-order chi connectivity index (χ0) is 25.1. The van der Waals surface area contributed by atoms with E-state index < -0.39 is 11.0 Å². The fraction of sp³-hybridized carbons (Fsp3) is 0.387. The molecule has 0 N–H and O–H groups in total. The number of amides is 1. The van der Waals surface area contributed by atoms with Crippen LogP contribution in [-0.2, 0) is 26.5 Å². The summed E-state index contributed by atoms with van der Waals surface area (Å²) in [4.78, 5) is 15.8. The lowest BCUT2D eigenvalue weighted by atomic mass is 9.78. The second-order valence-electron chi connectivity index (χ2n) is 10.5. The molecule has 0 bridgehead atoms. The molecule has 1 aliphatic heterocycles. The van der Waals surface area contributed by atoms with Gasteiger partial charge in [0.05, 0.1) is 18.8 Å². The van der Waals surface area contributed by atoms with Gasteiger partial charge in [-0.25, -0.2) is 0 Å². The topological polar surface area (TPSA) is 38.8 Å². The van der Waals surface area contributed by atoms with Gasteiger partial charge >= 0.3 is 0 Å². The summed E-state index contributed by atoms with van der Waals surface area (Å²) >= 11 is 0. The maximum Gasteiger partial charge on any atom is 0.228 e. The highest BCUT2D eigenvalue weighted by Crippen LogP contribution is 2.44. The average Bonchev–Trinajstić information content (AvgIpc) is 3.29. The first-order chi connectivity index (χ1) is 16.8. The molecule has 0 unspecified atom stereocenters. The molecule has 0 aliphatic carbocycles. The molecule has 4 nitrogen and oxygen atoms in total. The molecule has 35 heavy (non-hydrogen) atoms. The highest BCUT2D eigenvalue weighted by atomic mass is 16.5. The van der Waals surface area contributed by atoms with E-state index in [1.165, 1.54) is 5.56 Å². The van der Waals surface area contributed by atoms with Gasteiger partial charge in [-0.2, -0.15) is 0 Å². The van der Waals surface area contributed by atoms with E-state index in [-0.39, 0.29) is 18.1 Å². The molecule has 2 atom stereocenters.